The molecule has 0 bridgehead atoms. The van der Waals surface area contributed by atoms with Gasteiger partial charge < -0.3 is 10.2 Å². The third-order valence-corrected chi connectivity index (χ3v) is 3.23. The molecule has 1 aliphatic heterocycles. The number of anilines is 1. The molecule has 1 aromatic rings. The number of amides is 2. The van der Waals surface area contributed by atoms with Crippen LogP contribution in [0.5, 0.6) is 0 Å². The number of alkyl halides is 3. The Bertz CT molecular complexity index is 603. The van der Waals surface area contributed by atoms with E-state index >= 15 is 0 Å². The Balaban J connectivity index is 2.10. The second-order valence-corrected chi connectivity index (χ2v) is 5.17. The minimum absolute atomic E-state index is 0.114. The molecule has 22 heavy (non-hydrogen) atoms. The first kappa shape index (κ1) is 16.1. The maximum Gasteiger partial charge on any atom is 0.409 e. The van der Waals surface area contributed by atoms with E-state index in [2.05, 4.69) is 4.99 Å². The van der Waals surface area contributed by atoms with Crippen LogP contribution in [-0.2, 0) is 0 Å². The van der Waals surface area contributed by atoms with Crippen molar-refractivity contribution in [2.45, 2.75) is 18.6 Å². The molecule has 1 aliphatic rings. The number of halogens is 3. The molecule has 0 unspecified atom stereocenters. The van der Waals surface area contributed by atoms with Gasteiger partial charge in [-0.2, -0.15) is 18.2 Å². The van der Waals surface area contributed by atoms with Crippen molar-refractivity contribution in [1.82, 2.24) is 5.32 Å². The van der Waals surface area contributed by atoms with Crippen molar-refractivity contribution in [3.05, 3.63) is 35.9 Å². The predicted octanol–water partition coefficient (Wildman–Crippen LogP) is 3.25. The summed E-state index contributed by atoms with van der Waals surface area (Å²) in [4.78, 5) is 16.7. The zero-order valence-corrected chi connectivity index (χ0v) is 12.2. The third kappa shape index (κ3) is 4.09. The van der Waals surface area contributed by atoms with E-state index in [0.29, 0.717) is 0 Å². The molecule has 1 N–H and O–H groups in total. The molecular formula is C15H16F3N3O. The van der Waals surface area contributed by atoms with Gasteiger partial charge in [-0.15, -0.1) is 0 Å². The quantitative estimate of drug-likeness (QED) is 0.931. The Morgan fingerprint density at radius 1 is 1.23 bits per heavy atom. The maximum absolute atomic E-state index is 12.7. The number of benzene rings is 1. The van der Waals surface area contributed by atoms with E-state index < -0.39 is 18.2 Å². The fourth-order valence-corrected chi connectivity index (χ4v) is 2.00. The highest BCUT2D eigenvalue weighted by atomic mass is 19.4. The van der Waals surface area contributed by atoms with Gasteiger partial charge in [0.25, 0.3) is 0 Å². The first-order valence-corrected chi connectivity index (χ1v) is 6.66. The van der Waals surface area contributed by atoms with Crippen LogP contribution in [0.4, 0.5) is 23.7 Å². The summed E-state index contributed by atoms with van der Waals surface area (Å²) in [5.74, 6) is 0. The van der Waals surface area contributed by atoms with E-state index in [-0.39, 0.29) is 12.1 Å². The number of nitrogens with zero attached hydrogens (tertiary/aromatic N) is 2. The molecule has 0 saturated heterocycles. The monoisotopic (exact) mass is 311 g/mol. The van der Waals surface area contributed by atoms with Crippen molar-refractivity contribution in [1.29, 1.82) is 0 Å². The molecule has 7 heteroatoms. The molecule has 1 aromatic carbocycles. The van der Waals surface area contributed by atoms with Crippen LogP contribution >= 0.6 is 0 Å². The summed E-state index contributed by atoms with van der Waals surface area (Å²) in [6.07, 6.45) is -1.74. The second kappa shape index (κ2) is 6.21. The number of urea groups is 1. The minimum Gasteiger partial charge on any atom is -0.378 e. The first-order valence-electron chi connectivity index (χ1n) is 6.66. The standard InChI is InChI=1S/C15H16F3N3O/c1-21(2)12-7-4-10(5-8-12)3-6-11-9-13(15(16,17)18)20-14(22)19-11/h3-8,13H,9H2,1-2H3,(H,20,22)/b6-3+/t13-/m1/s1. The summed E-state index contributed by atoms with van der Waals surface area (Å²) in [6, 6.07) is 4.64. The van der Waals surface area contributed by atoms with Crippen molar-refractivity contribution in [2.24, 2.45) is 4.99 Å². The fourth-order valence-electron chi connectivity index (χ4n) is 2.00. The zero-order valence-electron chi connectivity index (χ0n) is 12.2. The molecule has 0 fully saturated rings. The van der Waals surface area contributed by atoms with E-state index in [1.165, 1.54) is 6.08 Å². The van der Waals surface area contributed by atoms with Gasteiger partial charge in [0, 0.05) is 31.9 Å². The van der Waals surface area contributed by atoms with Crippen molar-refractivity contribution in [2.75, 3.05) is 19.0 Å². The van der Waals surface area contributed by atoms with Crippen LogP contribution in [0.25, 0.3) is 6.08 Å². The number of aliphatic imine (C=N–C) groups is 1. The SMILES string of the molecule is CN(C)c1ccc(/C=C/C2=NC(=O)N[C@@H](C(F)(F)F)C2)cc1. The molecule has 0 aliphatic carbocycles. The van der Waals surface area contributed by atoms with Gasteiger partial charge in [-0.1, -0.05) is 18.2 Å². The van der Waals surface area contributed by atoms with Gasteiger partial charge in [-0.25, -0.2) is 4.79 Å². The molecule has 0 spiro atoms. The lowest BCUT2D eigenvalue weighted by atomic mass is 10.1. The highest BCUT2D eigenvalue weighted by Crippen LogP contribution is 2.25. The van der Waals surface area contributed by atoms with Crippen LogP contribution in [0, 0.1) is 0 Å². The van der Waals surface area contributed by atoms with Crippen molar-refractivity contribution in [3.63, 3.8) is 0 Å². The number of carbonyl (C=O) groups is 1. The highest BCUT2D eigenvalue weighted by molar-refractivity contribution is 6.06. The lowest BCUT2D eigenvalue weighted by molar-refractivity contribution is -0.151. The molecular weight excluding hydrogens is 295 g/mol. The lowest BCUT2D eigenvalue weighted by Gasteiger charge is -2.23. The second-order valence-electron chi connectivity index (χ2n) is 5.17. The highest BCUT2D eigenvalue weighted by Gasteiger charge is 2.42. The smallest absolute Gasteiger partial charge is 0.378 e. The molecule has 1 heterocycles. The van der Waals surface area contributed by atoms with Gasteiger partial charge in [-0.05, 0) is 23.8 Å². The molecule has 118 valence electrons. The number of hydrogen-bond donors (Lipinski definition) is 1. The largest absolute Gasteiger partial charge is 0.409 e. The third-order valence-electron chi connectivity index (χ3n) is 3.23. The minimum atomic E-state index is -4.47. The maximum atomic E-state index is 12.7. The summed E-state index contributed by atoms with van der Waals surface area (Å²) in [6.45, 7) is 0. The van der Waals surface area contributed by atoms with E-state index in [4.69, 9.17) is 0 Å². The Morgan fingerprint density at radius 3 is 2.41 bits per heavy atom. The zero-order chi connectivity index (χ0) is 16.3. The molecule has 2 rings (SSSR count). The Morgan fingerprint density at radius 2 is 1.86 bits per heavy atom. The van der Waals surface area contributed by atoms with E-state index in [1.807, 2.05) is 48.6 Å². The van der Waals surface area contributed by atoms with E-state index in [9.17, 15) is 18.0 Å². The Labute approximate surface area is 126 Å². The Hall–Kier alpha value is -2.31. The first-order chi connectivity index (χ1) is 10.3. The van der Waals surface area contributed by atoms with Gasteiger partial charge >= 0.3 is 12.2 Å². The van der Waals surface area contributed by atoms with Gasteiger partial charge in [0.1, 0.15) is 6.04 Å². The molecule has 0 saturated carbocycles. The average molecular weight is 311 g/mol. The van der Waals surface area contributed by atoms with Gasteiger partial charge in [-0.3, -0.25) is 0 Å². The van der Waals surface area contributed by atoms with E-state index in [1.54, 1.807) is 6.08 Å². The van der Waals surface area contributed by atoms with Gasteiger partial charge in [0.05, 0.1) is 0 Å². The number of hydrogen-bond acceptors (Lipinski definition) is 2. The van der Waals surface area contributed by atoms with Crippen LogP contribution in [0.15, 0.2) is 35.3 Å². The van der Waals surface area contributed by atoms with Gasteiger partial charge in [0.2, 0.25) is 0 Å². The van der Waals surface area contributed by atoms with Crippen molar-refractivity contribution >= 4 is 23.5 Å². The average Bonchev–Trinajstić information content (AvgIpc) is 2.44. The van der Waals surface area contributed by atoms with E-state index in [0.717, 1.165) is 11.3 Å². The molecule has 2 amide bonds. The summed E-state index contributed by atoms with van der Waals surface area (Å²) in [7, 11) is 3.83. The summed E-state index contributed by atoms with van der Waals surface area (Å²) >= 11 is 0. The number of rotatable bonds is 3. The number of nitrogens with one attached hydrogen (secondary N) is 1. The van der Waals surface area contributed by atoms with Crippen LogP contribution in [-0.4, -0.2) is 38.1 Å². The normalized spacial score (nSPS) is 19.0. The topological polar surface area (TPSA) is 44.7 Å². The summed E-state index contributed by atoms with van der Waals surface area (Å²) in [5.41, 5.74) is 1.95. The molecule has 0 aromatic heterocycles. The lowest BCUT2D eigenvalue weighted by Crippen LogP contribution is -2.48. The fraction of sp³-hybridized carbons (Fsp3) is 0.333. The van der Waals surface area contributed by atoms with Gasteiger partial charge in [0.15, 0.2) is 0 Å². The summed E-state index contributed by atoms with van der Waals surface area (Å²) < 4.78 is 38.0. The molecule has 1 atom stereocenters. The van der Waals surface area contributed by atoms with Crippen LogP contribution in [0.1, 0.15) is 12.0 Å². The summed E-state index contributed by atoms with van der Waals surface area (Å²) in [5, 5.41) is 1.81. The van der Waals surface area contributed by atoms with Crippen molar-refractivity contribution < 1.29 is 18.0 Å². The van der Waals surface area contributed by atoms with Crippen molar-refractivity contribution in [3.8, 4) is 0 Å². The Kier molecular flexibility index (Phi) is 4.54. The molecule has 0 radical (unpaired) electrons. The predicted molar refractivity (Wildman–Crippen MR) is 80.2 cm³/mol. The number of allylic oxidation sites excluding steroid dienone is 1. The van der Waals surface area contributed by atoms with Crippen LogP contribution < -0.4 is 10.2 Å². The molecule has 4 nitrogen and oxygen atoms in total. The van der Waals surface area contributed by atoms with Crippen LogP contribution in [0.3, 0.4) is 0 Å². The number of carbonyl (C=O) groups excluding carboxylic acids is 1. The van der Waals surface area contributed by atoms with Crippen LogP contribution in [0.2, 0.25) is 0 Å².